The standard InChI is InChI=1S/C12H14BrN3O2S2/c1-8-3-4-19-10(8)7-16-20(17,18)11-5-9(13)6-15-12(11)14-2/h3-6,16H,7H2,1-2H3,(H,14,15). The van der Waals surface area contributed by atoms with E-state index in [1.54, 1.807) is 13.2 Å². The number of nitrogens with zero attached hydrogens (tertiary/aromatic N) is 1. The second-order valence-electron chi connectivity index (χ2n) is 4.10. The summed E-state index contributed by atoms with van der Waals surface area (Å²) in [5.74, 6) is 0.323. The highest BCUT2D eigenvalue weighted by molar-refractivity contribution is 9.10. The third-order valence-electron chi connectivity index (χ3n) is 2.74. The van der Waals surface area contributed by atoms with Gasteiger partial charge in [-0.1, -0.05) is 0 Å². The summed E-state index contributed by atoms with van der Waals surface area (Å²) >= 11 is 4.77. The molecule has 0 aromatic carbocycles. The molecule has 0 amide bonds. The maximum absolute atomic E-state index is 12.4. The van der Waals surface area contributed by atoms with Gasteiger partial charge in [0.25, 0.3) is 0 Å². The van der Waals surface area contributed by atoms with Gasteiger partial charge in [0.1, 0.15) is 10.7 Å². The molecule has 2 rings (SSSR count). The number of anilines is 1. The van der Waals surface area contributed by atoms with Crippen LogP contribution in [-0.2, 0) is 16.6 Å². The quantitative estimate of drug-likeness (QED) is 0.842. The zero-order valence-corrected chi connectivity index (χ0v) is 14.2. The molecule has 0 saturated heterocycles. The van der Waals surface area contributed by atoms with Crippen molar-refractivity contribution < 1.29 is 8.42 Å². The van der Waals surface area contributed by atoms with E-state index in [4.69, 9.17) is 0 Å². The van der Waals surface area contributed by atoms with Crippen molar-refractivity contribution in [2.24, 2.45) is 0 Å². The van der Waals surface area contributed by atoms with Gasteiger partial charge in [0.15, 0.2) is 0 Å². The fourth-order valence-corrected chi connectivity index (χ4v) is 4.24. The van der Waals surface area contributed by atoms with Crippen LogP contribution < -0.4 is 10.0 Å². The maximum Gasteiger partial charge on any atom is 0.244 e. The Bertz CT molecular complexity index is 713. The molecule has 2 aromatic heterocycles. The lowest BCUT2D eigenvalue weighted by molar-refractivity contribution is 0.581. The predicted molar refractivity (Wildman–Crippen MR) is 84.6 cm³/mol. The van der Waals surface area contributed by atoms with Crippen molar-refractivity contribution in [3.05, 3.63) is 38.6 Å². The van der Waals surface area contributed by atoms with E-state index in [0.29, 0.717) is 10.3 Å². The molecular weight excluding hydrogens is 362 g/mol. The van der Waals surface area contributed by atoms with Gasteiger partial charge in [-0.25, -0.2) is 18.1 Å². The number of nitrogens with one attached hydrogen (secondary N) is 2. The average molecular weight is 376 g/mol. The first-order chi connectivity index (χ1) is 9.44. The van der Waals surface area contributed by atoms with Crippen LogP contribution in [0.5, 0.6) is 0 Å². The lowest BCUT2D eigenvalue weighted by atomic mass is 10.3. The zero-order chi connectivity index (χ0) is 14.8. The SMILES string of the molecule is CNc1ncc(Br)cc1S(=O)(=O)NCc1sccc1C. The first-order valence-electron chi connectivity index (χ1n) is 5.80. The monoisotopic (exact) mass is 375 g/mol. The Labute approximate surface area is 130 Å². The van der Waals surface area contributed by atoms with Crippen LogP contribution in [0.4, 0.5) is 5.82 Å². The maximum atomic E-state index is 12.4. The molecule has 0 saturated carbocycles. The van der Waals surface area contributed by atoms with E-state index in [1.165, 1.54) is 17.4 Å². The third-order valence-corrected chi connectivity index (χ3v) is 5.61. The third kappa shape index (κ3) is 3.38. The van der Waals surface area contributed by atoms with Crippen molar-refractivity contribution in [2.75, 3.05) is 12.4 Å². The largest absolute Gasteiger partial charge is 0.372 e. The van der Waals surface area contributed by atoms with E-state index >= 15 is 0 Å². The second kappa shape index (κ2) is 6.21. The van der Waals surface area contributed by atoms with Crippen molar-refractivity contribution in [1.29, 1.82) is 0 Å². The minimum atomic E-state index is -3.62. The highest BCUT2D eigenvalue weighted by Crippen LogP contribution is 2.23. The molecule has 8 heteroatoms. The summed E-state index contributed by atoms with van der Waals surface area (Å²) in [6.07, 6.45) is 1.55. The van der Waals surface area contributed by atoms with Crippen LogP contribution >= 0.6 is 27.3 Å². The molecule has 2 aromatic rings. The topological polar surface area (TPSA) is 71.1 Å². The van der Waals surface area contributed by atoms with E-state index < -0.39 is 10.0 Å². The molecule has 2 N–H and O–H groups in total. The van der Waals surface area contributed by atoms with E-state index in [-0.39, 0.29) is 11.4 Å². The number of aryl methyl sites for hydroxylation is 1. The van der Waals surface area contributed by atoms with Gasteiger partial charge in [-0.2, -0.15) is 0 Å². The first kappa shape index (κ1) is 15.4. The van der Waals surface area contributed by atoms with Crippen molar-refractivity contribution in [3.8, 4) is 0 Å². The molecule has 2 heterocycles. The van der Waals surface area contributed by atoms with E-state index in [0.717, 1.165) is 10.4 Å². The fourth-order valence-electron chi connectivity index (χ4n) is 1.64. The second-order valence-corrected chi connectivity index (χ2v) is 7.75. The Kier molecular flexibility index (Phi) is 4.79. The minimum Gasteiger partial charge on any atom is -0.372 e. The number of rotatable bonds is 5. The van der Waals surface area contributed by atoms with Crippen LogP contribution in [0.15, 0.2) is 33.1 Å². The van der Waals surface area contributed by atoms with Crippen LogP contribution in [0.25, 0.3) is 0 Å². The van der Waals surface area contributed by atoms with Gasteiger partial charge in [-0.15, -0.1) is 11.3 Å². The Morgan fingerprint density at radius 3 is 2.80 bits per heavy atom. The van der Waals surface area contributed by atoms with Gasteiger partial charge in [0, 0.05) is 29.1 Å². The van der Waals surface area contributed by atoms with Gasteiger partial charge < -0.3 is 5.32 Å². The molecular formula is C12H14BrN3O2S2. The van der Waals surface area contributed by atoms with Crippen LogP contribution in [0, 0.1) is 6.92 Å². The van der Waals surface area contributed by atoms with Gasteiger partial charge in [0.2, 0.25) is 10.0 Å². The van der Waals surface area contributed by atoms with E-state index in [1.807, 2.05) is 18.4 Å². The number of hydrogen-bond acceptors (Lipinski definition) is 5. The molecule has 5 nitrogen and oxygen atoms in total. The molecule has 0 aliphatic heterocycles. The summed E-state index contributed by atoms with van der Waals surface area (Å²) in [5, 5.41) is 4.73. The number of thiophene rings is 1. The lowest BCUT2D eigenvalue weighted by Crippen LogP contribution is -2.24. The normalized spacial score (nSPS) is 11.6. The Hall–Kier alpha value is -0.960. The van der Waals surface area contributed by atoms with E-state index in [2.05, 4.69) is 31.0 Å². The molecule has 0 bridgehead atoms. The van der Waals surface area contributed by atoms with Crippen LogP contribution in [-0.4, -0.2) is 20.4 Å². The summed E-state index contributed by atoms with van der Waals surface area (Å²) in [6, 6.07) is 3.50. The average Bonchev–Trinajstić information content (AvgIpc) is 2.82. The summed E-state index contributed by atoms with van der Waals surface area (Å²) in [4.78, 5) is 5.18. The summed E-state index contributed by atoms with van der Waals surface area (Å²) in [5.41, 5.74) is 1.08. The highest BCUT2D eigenvalue weighted by Gasteiger charge is 2.20. The smallest absolute Gasteiger partial charge is 0.244 e. The number of pyridine rings is 1. The number of hydrogen-bond donors (Lipinski definition) is 2. The summed E-state index contributed by atoms with van der Waals surface area (Å²) in [6.45, 7) is 2.24. The van der Waals surface area contributed by atoms with Crippen molar-refractivity contribution in [2.45, 2.75) is 18.4 Å². The zero-order valence-electron chi connectivity index (χ0n) is 11.0. The van der Waals surface area contributed by atoms with Crippen molar-refractivity contribution in [1.82, 2.24) is 9.71 Å². The molecule has 108 valence electrons. The van der Waals surface area contributed by atoms with Gasteiger partial charge in [0.05, 0.1) is 0 Å². The summed E-state index contributed by atoms with van der Waals surface area (Å²) < 4.78 is 27.9. The highest BCUT2D eigenvalue weighted by atomic mass is 79.9. The van der Waals surface area contributed by atoms with Gasteiger partial charge >= 0.3 is 0 Å². The van der Waals surface area contributed by atoms with Crippen LogP contribution in [0.3, 0.4) is 0 Å². The van der Waals surface area contributed by atoms with Crippen LogP contribution in [0.1, 0.15) is 10.4 Å². The molecule has 20 heavy (non-hydrogen) atoms. The molecule has 0 spiro atoms. The van der Waals surface area contributed by atoms with E-state index in [9.17, 15) is 8.42 Å². The molecule has 0 unspecified atom stereocenters. The number of aromatic nitrogens is 1. The first-order valence-corrected chi connectivity index (χ1v) is 8.95. The molecule has 0 fully saturated rings. The number of halogens is 1. The molecule has 0 radical (unpaired) electrons. The Morgan fingerprint density at radius 1 is 1.45 bits per heavy atom. The molecule has 0 aliphatic rings. The summed E-state index contributed by atoms with van der Waals surface area (Å²) in [7, 11) is -1.98. The Balaban J connectivity index is 2.26. The van der Waals surface area contributed by atoms with Crippen molar-refractivity contribution >= 4 is 43.1 Å². The van der Waals surface area contributed by atoms with Gasteiger partial charge in [-0.3, -0.25) is 0 Å². The van der Waals surface area contributed by atoms with Crippen LogP contribution in [0.2, 0.25) is 0 Å². The van der Waals surface area contributed by atoms with Crippen molar-refractivity contribution in [3.63, 3.8) is 0 Å². The predicted octanol–water partition coefficient (Wildman–Crippen LogP) is 2.73. The lowest BCUT2D eigenvalue weighted by Gasteiger charge is -2.10. The molecule has 0 atom stereocenters. The Morgan fingerprint density at radius 2 is 2.20 bits per heavy atom. The number of sulfonamides is 1. The van der Waals surface area contributed by atoms with Gasteiger partial charge in [-0.05, 0) is 45.9 Å². The minimum absolute atomic E-state index is 0.128. The fraction of sp³-hybridized carbons (Fsp3) is 0.250. The molecule has 0 aliphatic carbocycles.